The fraction of sp³-hybridized carbons (Fsp3) is 0.300. The number of hydrogen-bond acceptors (Lipinski definition) is 4. The van der Waals surface area contributed by atoms with Gasteiger partial charge in [-0.3, -0.25) is 19.7 Å². The zero-order chi connectivity index (χ0) is 25.9. The maximum absolute atomic E-state index is 14.6. The zero-order valence-electron chi connectivity index (χ0n) is 20.7. The summed E-state index contributed by atoms with van der Waals surface area (Å²) in [6.07, 6.45) is 0.632. The van der Waals surface area contributed by atoms with E-state index in [1.165, 1.54) is 11.0 Å². The van der Waals surface area contributed by atoms with Gasteiger partial charge in [-0.2, -0.15) is 0 Å². The monoisotopic (exact) mass is 497 g/mol. The van der Waals surface area contributed by atoms with E-state index in [-0.39, 0.29) is 36.2 Å². The quantitative estimate of drug-likeness (QED) is 0.531. The summed E-state index contributed by atoms with van der Waals surface area (Å²) in [7, 11) is 0. The Balaban J connectivity index is 1.50. The Morgan fingerprint density at radius 2 is 1.57 bits per heavy atom. The van der Waals surface area contributed by atoms with E-state index < -0.39 is 23.2 Å². The molecule has 7 heteroatoms. The van der Waals surface area contributed by atoms with Gasteiger partial charge in [0.25, 0.3) is 5.91 Å². The first kappa shape index (κ1) is 23.6. The van der Waals surface area contributed by atoms with Crippen molar-refractivity contribution in [3.8, 4) is 0 Å². The molecule has 3 aromatic rings. The largest absolute Gasteiger partial charge is 0.306 e. The maximum Gasteiger partial charge on any atom is 0.253 e. The van der Waals surface area contributed by atoms with Crippen molar-refractivity contribution in [3.63, 3.8) is 0 Å². The molecule has 188 valence electrons. The lowest BCUT2D eigenvalue weighted by Gasteiger charge is -2.31. The van der Waals surface area contributed by atoms with Crippen molar-refractivity contribution in [1.29, 1.82) is 0 Å². The number of hydrogen-bond donors (Lipinski definition) is 1. The summed E-state index contributed by atoms with van der Waals surface area (Å²) in [5.41, 5.74) is 0.782. The predicted octanol–water partition coefficient (Wildman–Crippen LogP) is 4.39. The highest BCUT2D eigenvalue weighted by atomic mass is 19.1. The van der Waals surface area contributed by atoms with Gasteiger partial charge in [0.05, 0.1) is 24.1 Å². The van der Waals surface area contributed by atoms with Crippen LogP contribution in [0.5, 0.6) is 0 Å². The number of carbonyl (C=O) groups excluding carboxylic acids is 3. The molecule has 0 bridgehead atoms. The molecule has 3 amide bonds. The number of carbonyl (C=O) groups is 3. The van der Waals surface area contributed by atoms with Gasteiger partial charge in [-0.15, -0.1) is 0 Å². The molecule has 0 aromatic heterocycles. The molecule has 0 aliphatic carbocycles. The summed E-state index contributed by atoms with van der Waals surface area (Å²) in [6.45, 7) is 4.16. The van der Waals surface area contributed by atoms with Gasteiger partial charge >= 0.3 is 0 Å². The summed E-state index contributed by atoms with van der Waals surface area (Å²) in [5.74, 6) is -2.72. The minimum Gasteiger partial charge on any atom is -0.306 e. The van der Waals surface area contributed by atoms with Crippen LogP contribution in [0, 0.1) is 23.6 Å². The van der Waals surface area contributed by atoms with Crippen LogP contribution in [-0.2, 0) is 26.5 Å². The maximum atomic E-state index is 14.6. The second-order valence-corrected chi connectivity index (χ2v) is 10.5. The van der Waals surface area contributed by atoms with E-state index in [2.05, 4.69) is 19.2 Å². The Morgan fingerprint density at radius 3 is 2.30 bits per heavy atom. The van der Waals surface area contributed by atoms with Crippen molar-refractivity contribution in [3.05, 3.63) is 95.8 Å². The van der Waals surface area contributed by atoms with Crippen LogP contribution >= 0.6 is 0 Å². The highest BCUT2D eigenvalue weighted by molar-refractivity contribution is 6.26. The summed E-state index contributed by atoms with van der Waals surface area (Å²) in [5, 5.41) is 3.52. The summed E-state index contributed by atoms with van der Waals surface area (Å²) in [4.78, 5) is 45.2. The van der Waals surface area contributed by atoms with Gasteiger partial charge in [-0.1, -0.05) is 68.4 Å². The van der Waals surface area contributed by atoms with Crippen molar-refractivity contribution in [2.75, 3.05) is 9.80 Å². The standard InChI is InChI=1S/C30H28FN3O3/c1-18(2)16-23-25-26(28(36)34(27(25)35)20-11-4-3-5-12-20)30(32-23)21-13-7-9-15-24(21)33(29(30)37)17-19-10-6-8-14-22(19)31/h3-15,18,23,25-26,32H,16-17H2,1-2H3/t23-,25-,26+,30-/m0/s1. The van der Waals surface area contributed by atoms with Crippen molar-refractivity contribution < 1.29 is 18.8 Å². The molecule has 6 nitrogen and oxygen atoms in total. The highest BCUT2D eigenvalue weighted by Gasteiger charge is 2.71. The number of imide groups is 1. The van der Waals surface area contributed by atoms with Crippen molar-refractivity contribution in [2.24, 2.45) is 17.8 Å². The number of amides is 3. The van der Waals surface area contributed by atoms with Crippen LogP contribution in [0.25, 0.3) is 0 Å². The lowest BCUT2D eigenvalue weighted by atomic mass is 9.76. The molecule has 37 heavy (non-hydrogen) atoms. The lowest BCUT2D eigenvalue weighted by Crippen LogP contribution is -2.55. The van der Waals surface area contributed by atoms with Gasteiger partial charge in [-0.05, 0) is 36.6 Å². The number of nitrogens with zero attached hydrogens (tertiary/aromatic N) is 2. The second kappa shape index (κ2) is 8.63. The predicted molar refractivity (Wildman–Crippen MR) is 138 cm³/mol. The normalized spacial score (nSPS) is 26.5. The van der Waals surface area contributed by atoms with Gasteiger partial charge < -0.3 is 4.90 Å². The Labute approximate surface area is 215 Å². The fourth-order valence-corrected chi connectivity index (χ4v) is 6.44. The average Bonchev–Trinajstić information content (AvgIpc) is 3.44. The smallest absolute Gasteiger partial charge is 0.253 e. The molecule has 3 aliphatic heterocycles. The molecule has 3 aliphatic rings. The van der Waals surface area contributed by atoms with E-state index in [0.717, 1.165) is 0 Å². The minimum absolute atomic E-state index is 0.0305. The molecule has 1 spiro atoms. The molecule has 0 saturated carbocycles. The van der Waals surface area contributed by atoms with E-state index in [1.54, 1.807) is 47.4 Å². The van der Waals surface area contributed by atoms with Crippen LogP contribution in [0.1, 0.15) is 31.4 Å². The number of anilines is 2. The lowest BCUT2D eigenvalue weighted by molar-refractivity contribution is -0.132. The van der Waals surface area contributed by atoms with E-state index in [1.807, 2.05) is 30.3 Å². The van der Waals surface area contributed by atoms with Crippen LogP contribution in [-0.4, -0.2) is 23.8 Å². The molecular formula is C30H28FN3O3. The second-order valence-electron chi connectivity index (χ2n) is 10.5. The van der Waals surface area contributed by atoms with E-state index in [4.69, 9.17) is 0 Å². The van der Waals surface area contributed by atoms with Gasteiger partial charge in [0, 0.05) is 22.9 Å². The van der Waals surface area contributed by atoms with E-state index in [9.17, 15) is 18.8 Å². The van der Waals surface area contributed by atoms with Gasteiger partial charge in [0.15, 0.2) is 0 Å². The van der Waals surface area contributed by atoms with E-state index >= 15 is 0 Å². The molecule has 6 rings (SSSR count). The van der Waals surface area contributed by atoms with Crippen LogP contribution in [0.2, 0.25) is 0 Å². The first-order chi connectivity index (χ1) is 17.8. The third-order valence-corrected chi connectivity index (χ3v) is 7.89. The number of rotatable bonds is 5. The number of para-hydroxylation sites is 2. The van der Waals surface area contributed by atoms with Gasteiger partial charge in [0.2, 0.25) is 11.8 Å². The van der Waals surface area contributed by atoms with Crippen LogP contribution in [0.4, 0.5) is 15.8 Å². The van der Waals surface area contributed by atoms with Crippen LogP contribution in [0.15, 0.2) is 78.9 Å². The molecule has 2 fully saturated rings. The Morgan fingerprint density at radius 1 is 0.892 bits per heavy atom. The fourth-order valence-electron chi connectivity index (χ4n) is 6.44. The van der Waals surface area contributed by atoms with Crippen LogP contribution in [0.3, 0.4) is 0 Å². The molecule has 3 heterocycles. The van der Waals surface area contributed by atoms with Gasteiger partial charge in [0.1, 0.15) is 11.4 Å². The Kier molecular flexibility index (Phi) is 5.49. The third kappa shape index (κ3) is 3.37. The minimum atomic E-state index is -1.40. The van der Waals surface area contributed by atoms with E-state index in [0.29, 0.717) is 28.9 Å². The number of halogens is 1. The van der Waals surface area contributed by atoms with Crippen molar-refractivity contribution in [1.82, 2.24) is 5.32 Å². The SMILES string of the molecule is CC(C)C[C@@H]1N[C@]2(C(=O)N(Cc3ccccc3F)c3ccccc32)[C@H]2C(=O)N(c3ccccc3)C(=O)[C@@H]12. The zero-order valence-corrected chi connectivity index (χ0v) is 20.7. The Hall–Kier alpha value is -3.84. The molecule has 0 unspecified atom stereocenters. The highest BCUT2D eigenvalue weighted by Crippen LogP contribution is 2.56. The first-order valence-corrected chi connectivity index (χ1v) is 12.7. The third-order valence-electron chi connectivity index (χ3n) is 7.89. The molecule has 3 aromatic carbocycles. The topological polar surface area (TPSA) is 69.7 Å². The molecule has 4 atom stereocenters. The van der Waals surface area contributed by atoms with Crippen LogP contribution < -0.4 is 15.1 Å². The number of fused-ring (bicyclic) bond motifs is 4. The first-order valence-electron chi connectivity index (χ1n) is 12.7. The number of nitrogens with one attached hydrogen (secondary N) is 1. The molecule has 0 radical (unpaired) electrons. The van der Waals surface area contributed by atoms with Crippen molar-refractivity contribution >= 4 is 29.1 Å². The average molecular weight is 498 g/mol. The summed E-state index contributed by atoms with van der Waals surface area (Å²) in [6, 6.07) is 22.2. The molecule has 2 saturated heterocycles. The molecular weight excluding hydrogens is 469 g/mol. The summed E-state index contributed by atoms with van der Waals surface area (Å²) < 4.78 is 14.6. The summed E-state index contributed by atoms with van der Waals surface area (Å²) >= 11 is 0. The van der Waals surface area contributed by atoms with Gasteiger partial charge in [-0.25, -0.2) is 9.29 Å². The molecule has 1 N–H and O–H groups in total. The number of benzene rings is 3. The van der Waals surface area contributed by atoms with Crippen molar-refractivity contribution in [2.45, 2.75) is 38.4 Å². The Bertz CT molecular complexity index is 1410.